The van der Waals surface area contributed by atoms with E-state index in [4.69, 9.17) is 4.42 Å². The van der Waals surface area contributed by atoms with Crippen molar-refractivity contribution in [2.45, 2.75) is 39.5 Å². The Bertz CT molecular complexity index is 349. The number of rotatable bonds is 6. The van der Waals surface area contributed by atoms with Gasteiger partial charge in [-0.25, -0.2) is 4.79 Å². The monoisotopic (exact) mass is 240 g/mol. The van der Waals surface area contributed by atoms with Gasteiger partial charge in [0.2, 0.25) is 11.8 Å². The van der Waals surface area contributed by atoms with Gasteiger partial charge in [-0.05, 0) is 6.42 Å². The van der Waals surface area contributed by atoms with Crippen LogP contribution in [0, 0.1) is 0 Å². The first-order chi connectivity index (χ1) is 8.13. The molecule has 0 aromatic carbocycles. The van der Waals surface area contributed by atoms with Crippen LogP contribution in [-0.2, 0) is 6.42 Å². The van der Waals surface area contributed by atoms with Crippen molar-refractivity contribution in [3.63, 3.8) is 0 Å². The zero-order chi connectivity index (χ0) is 12.7. The Morgan fingerprint density at radius 3 is 2.59 bits per heavy atom. The van der Waals surface area contributed by atoms with Gasteiger partial charge in [0.25, 0.3) is 0 Å². The first-order valence-corrected chi connectivity index (χ1v) is 5.97. The Labute approximate surface area is 101 Å². The molecule has 0 unspecified atom stereocenters. The van der Waals surface area contributed by atoms with Crippen molar-refractivity contribution >= 4 is 6.03 Å². The van der Waals surface area contributed by atoms with Crippen LogP contribution in [-0.4, -0.2) is 29.3 Å². The Balaban J connectivity index is 2.23. The van der Waals surface area contributed by atoms with E-state index in [1.165, 1.54) is 0 Å². The van der Waals surface area contributed by atoms with E-state index in [-0.39, 0.29) is 11.9 Å². The quantitative estimate of drug-likeness (QED) is 0.788. The van der Waals surface area contributed by atoms with Gasteiger partial charge in [-0.1, -0.05) is 20.8 Å². The van der Waals surface area contributed by atoms with Crippen LogP contribution < -0.4 is 10.6 Å². The summed E-state index contributed by atoms with van der Waals surface area (Å²) < 4.78 is 5.41. The second-order valence-electron chi connectivity index (χ2n) is 4.12. The van der Waals surface area contributed by atoms with Crippen LogP contribution in [0.4, 0.5) is 4.79 Å². The van der Waals surface area contributed by atoms with E-state index < -0.39 is 0 Å². The van der Waals surface area contributed by atoms with Crippen LogP contribution in [0.1, 0.15) is 44.9 Å². The lowest BCUT2D eigenvalue weighted by molar-refractivity contribution is 0.241. The highest BCUT2D eigenvalue weighted by atomic mass is 16.4. The fourth-order valence-electron chi connectivity index (χ4n) is 1.18. The minimum absolute atomic E-state index is 0.157. The number of nitrogens with one attached hydrogen (secondary N) is 2. The summed E-state index contributed by atoms with van der Waals surface area (Å²) in [7, 11) is 0. The van der Waals surface area contributed by atoms with Crippen molar-refractivity contribution in [1.29, 1.82) is 0 Å². The summed E-state index contributed by atoms with van der Waals surface area (Å²) in [6.07, 6.45) is 1.48. The SMILES string of the molecule is CCCNC(=O)NCCc1nnc(C(C)C)o1. The molecule has 0 aliphatic rings. The molecule has 0 saturated carbocycles. The van der Waals surface area contributed by atoms with Crippen molar-refractivity contribution < 1.29 is 9.21 Å². The molecule has 0 aliphatic carbocycles. The summed E-state index contributed by atoms with van der Waals surface area (Å²) in [5.74, 6) is 1.43. The second kappa shape index (κ2) is 6.88. The Kier molecular flexibility index (Phi) is 5.45. The maximum atomic E-state index is 11.2. The van der Waals surface area contributed by atoms with Crippen LogP contribution in [0.2, 0.25) is 0 Å². The van der Waals surface area contributed by atoms with Gasteiger partial charge in [0.1, 0.15) is 0 Å². The van der Waals surface area contributed by atoms with Gasteiger partial charge in [0.05, 0.1) is 0 Å². The van der Waals surface area contributed by atoms with E-state index in [1.807, 2.05) is 20.8 Å². The number of urea groups is 1. The highest BCUT2D eigenvalue weighted by molar-refractivity contribution is 5.73. The fourth-order valence-corrected chi connectivity index (χ4v) is 1.18. The topological polar surface area (TPSA) is 80.0 Å². The summed E-state index contributed by atoms with van der Waals surface area (Å²) in [6.45, 7) is 7.17. The molecule has 0 saturated heterocycles. The Morgan fingerprint density at radius 1 is 1.29 bits per heavy atom. The molecule has 6 nitrogen and oxygen atoms in total. The minimum Gasteiger partial charge on any atom is -0.425 e. The summed E-state index contributed by atoms with van der Waals surface area (Å²) in [4.78, 5) is 11.2. The molecular weight excluding hydrogens is 220 g/mol. The van der Waals surface area contributed by atoms with Crippen molar-refractivity contribution in [2.75, 3.05) is 13.1 Å². The third-order valence-corrected chi connectivity index (χ3v) is 2.14. The molecule has 1 aromatic heterocycles. The molecule has 1 aromatic rings. The molecule has 2 amide bonds. The number of amides is 2. The third-order valence-electron chi connectivity index (χ3n) is 2.14. The van der Waals surface area contributed by atoms with Gasteiger partial charge < -0.3 is 15.1 Å². The van der Waals surface area contributed by atoms with Gasteiger partial charge in [-0.3, -0.25) is 0 Å². The van der Waals surface area contributed by atoms with E-state index >= 15 is 0 Å². The Morgan fingerprint density at radius 2 is 2.00 bits per heavy atom. The van der Waals surface area contributed by atoms with Gasteiger partial charge in [0, 0.05) is 25.4 Å². The molecule has 0 spiro atoms. The molecule has 0 bridgehead atoms. The van der Waals surface area contributed by atoms with E-state index in [1.54, 1.807) is 0 Å². The first kappa shape index (κ1) is 13.5. The van der Waals surface area contributed by atoms with Crippen LogP contribution in [0.5, 0.6) is 0 Å². The van der Waals surface area contributed by atoms with Crippen molar-refractivity contribution in [1.82, 2.24) is 20.8 Å². The maximum absolute atomic E-state index is 11.2. The zero-order valence-electron chi connectivity index (χ0n) is 10.6. The summed E-state index contributed by atoms with van der Waals surface area (Å²) in [5, 5.41) is 13.3. The molecule has 0 atom stereocenters. The molecule has 0 aliphatic heterocycles. The normalized spacial score (nSPS) is 10.6. The number of carbonyl (C=O) groups excluding carboxylic acids is 1. The van der Waals surface area contributed by atoms with Crippen LogP contribution >= 0.6 is 0 Å². The predicted molar refractivity (Wildman–Crippen MR) is 63.8 cm³/mol. The molecule has 2 N–H and O–H groups in total. The highest BCUT2D eigenvalue weighted by Crippen LogP contribution is 2.11. The van der Waals surface area contributed by atoms with Gasteiger partial charge in [-0.2, -0.15) is 0 Å². The van der Waals surface area contributed by atoms with Crippen LogP contribution in [0.3, 0.4) is 0 Å². The summed E-state index contributed by atoms with van der Waals surface area (Å²) in [6, 6.07) is -0.157. The van der Waals surface area contributed by atoms with Crippen molar-refractivity contribution in [2.24, 2.45) is 0 Å². The fraction of sp³-hybridized carbons (Fsp3) is 0.727. The van der Waals surface area contributed by atoms with Crippen molar-refractivity contribution in [3.05, 3.63) is 11.8 Å². The van der Waals surface area contributed by atoms with E-state index in [9.17, 15) is 4.79 Å². The number of aromatic nitrogens is 2. The number of hydrogen-bond acceptors (Lipinski definition) is 4. The molecule has 1 heterocycles. The minimum atomic E-state index is -0.157. The molecule has 17 heavy (non-hydrogen) atoms. The largest absolute Gasteiger partial charge is 0.425 e. The molecular formula is C11H20N4O2. The maximum Gasteiger partial charge on any atom is 0.314 e. The van der Waals surface area contributed by atoms with Crippen LogP contribution in [0.25, 0.3) is 0 Å². The second-order valence-corrected chi connectivity index (χ2v) is 4.12. The lowest BCUT2D eigenvalue weighted by Gasteiger charge is -2.04. The highest BCUT2D eigenvalue weighted by Gasteiger charge is 2.09. The Hall–Kier alpha value is -1.59. The molecule has 96 valence electrons. The average Bonchev–Trinajstić information content (AvgIpc) is 2.75. The summed E-state index contributed by atoms with van der Waals surface area (Å²) >= 11 is 0. The first-order valence-electron chi connectivity index (χ1n) is 5.97. The van der Waals surface area contributed by atoms with E-state index in [0.29, 0.717) is 31.3 Å². The molecule has 1 rings (SSSR count). The third kappa shape index (κ3) is 4.84. The number of carbonyl (C=O) groups is 1. The smallest absolute Gasteiger partial charge is 0.314 e. The zero-order valence-corrected chi connectivity index (χ0v) is 10.6. The molecule has 0 radical (unpaired) electrons. The molecule has 0 fully saturated rings. The number of hydrogen-bond donors (Lipinski definition) is 2. The lowest BCUT2D eigenvalue weighted by atomic mass is 10.2. The van der Waals surface area contributed by atoms with Crippen molar-refractivity contribution in [3.8, 4) is 0 Å². The summed E-state index contributed by atoms with van der Waals surface area (Å²) in [5.41, 5.74) is 0. The van der Waals surface area contributed by atoms with Gasteiger partial charge in [-0.15, -0.1) is 10.2 Å². The van der Waals surface area contributed by atoms with Gasteiger partial charge >= 0.3 is 6.03 Å². The molecule has 6 heteroatoms. The lowest BCUT2D eigenvalue weighted by Crippen LogP contribution is -2.36. The number of nitrogens with zero attached hydrogens (tertiary/aromatic N) is 2. The van der Waals surface area contributed by atoms with Crippen LogP contribution in [0.15, 0.2) is 4.42 Å². The van der Waals surface area contributed by atoms with E-state index in [2.05, 4.69) is 20.8 Å². The van der Waals surface area contributed by atoms with E-state index in [0.717, 1.165) is 6.42 Å². The average molecular weight is 240 g/mol. The van der Waals surface area contributed by atoms with Gasteiger partial charge in [0.15, 0.2) is 0 Å². The predicted octanol–water partition coefficient (Wildman–Crippen LogP) is 1.44. The standard InChI is InChI=1S/C11H20N4O2/c1-4-6-12-11(16)13-7-5-9-14-15-10(17-9)8(2)3/h8H,4-7H2,1-3H3,(H2,12,13,16).